The third-order valence-corrected chi connectivity index (χ3v) is 3.65. The van der Waals surface area contributed by atoms with Crippen molar-refractivity contribution in [1.29, 1.82) is 0 Å². The summed E-state index contributed by atoms with van der Waals surface area (Å²) in [6.45, 7) is 2.70. The summed E-state index contributed by atoms with van der Waals surface area (Å²) >= 11 is 0. The lowest BCUT2D eigenvalue weighted by molar-refractivity contribution is -0.129. The van der Waals surface area contributed by atoms with E-state index in [-0.39, 0.29) is 23.9 Å². The molecule has 110 valence electrons. The molecule has 0 radical (unpaired) electrons. The molecule has 1 aliphatic heterocycles. The quantitative estimate of drug-likeness (QED) is 0.894. The molecule has 2 N–H and O–H groups in total. The molecule has 7 heteroatoms. The lowest BCUT2D eigenvalue weighted by Crippen LogP contribution is -2.33. The first-order valence-corrected chi connectivity index (χ1v) is 6.96. The molecule has 2 atom stereocenters. The van der Waals surface area contributed by atoms with Gasteiger partial charge in [-0.1, -0.05) is 34.9 Å². The third kappa shape index (κ3) is 3.08. The molecule has 2 aromatic rings. The van der Waals surface area contributed by atoms with E-state index in [0.29, 0.717) is 6.61 Å². The SMILES string of the molecule is Cc1ccc([C@H]2OCCC[C@H]2C(=O)Nc2nn[nH]n2)cc1. The number of nitrogens with one attached hydrogen (secondary N) is 2. The van der Waals surface area contributed by atoms with Crippen LogP contribution < -0.4 is 5.32 Å². The number of hydrogen-bond donors (Lipinski definition) is 2. The molecule has 1 aromatic carbocycles. The average Bonchev–Trinajstić information content (AvgIpc) is 3.01. The molecule has 1 aromatic heterocycles. The fourth-order valence-electron chi connectivity index (χ4n) is 2.55. The maximum absolute atomic E-state index is 12.4. The highest BCUT2D eigenvalue weighted by atomic mass is 16.5. The largest absolute Gasteiger partial charge is 0.373 e. The van der Waals surface area contributed by atoms with Crippen molar-refractivity contribution in [2.45, 2.75) is 25.9 Å². The van der Waals surface area contributed by atoms with Crippen molar-refractivity contribution < 1.29 is 9.53 Å². The van der Waals surface area contributed by atoms with Gasteiger partial charge in [-0.15, -0.1) is 5.10 Å². The summed E-state index contributed by atoms with van der Waals surface area (Å²) in [4.78, 5) is 12.4. The second-order valence-electron chi connectivity index (χ2n) is 5.18. The fraction of sp³-hybridized carbons (Fsp3) is 0.429. The molecule has 0 saturated carbocycles. The number of tetrazole rings is 1. The summed E-state index contributed by atoms with van der Waals surface area (Å²) in [5, 5.41) is 15.9. The Balaban J connectivity index is 1.77. The zero-order valence-corrected chi connectivity index (χ0v) is 11.7. The Labute approximate surface area is 122 Å². The van der Waals surface area contributed by atoms with Crippen LogP contribution in [0.1, 0.15) is 30.1 Å². The number of benzene rings is 1. The van der Waals surface area contributed by atoms with Crippen molar-refractivity contribution in [3.8, 4) is 0 Å². The summed E-state index contributed by atoms with van der Waals surface area (Å²) < 4.78 is 5.83. The van der Waals surface area contributed by atoms with E-state index < -0.39 is 0 Å². The van der Waals surface area contributed by atoms with Crippen molar-refractivity contribution in [3.63, 3.8) is 0 Å². The topological polar surface area (TPSA) is 92.8 Å². The molecule has 7 nitrogen and oxygen atoms in total. The van der Waals surface area contributed by atoms with Crippen molar-refractivity contribution in [1.82, 2.24) is 20.6 Å². The van der Waals surface area contributed by atoms with Gasteiger partial charge in [0.15, 0.2) is 0 Å². The Morgan fingerprint density at radius 3 is 2.90 bits per heavy atom. The second-order valence-corrected chi connectivity index (χ2v) is 5.18. The van der Waals surface area contributed by atoms with Gasteiger partial charge in [-0.25, -0.2) is 0 Å². The van der Waals surface area contributed by atoms with E-state index in [4.69, 9.17) is 4.74 Å². The molecular formula is C14H17N5O2. The Morgan fingerprint density at radius 2 is 2.19 bits per heavy atom. The van der Waals surface area contributed by atoms with Gasteiger partial charge in [0, 0.05) is 6.61 Å². The molecule has 0 unspecified atom stereocenters. The molecule has 21 heavy (non-hydrogen) atoms. The molecule has 0 aliphatic carbocycles. The van der Waals surface area contributed by atoms with Crippen LogP contribution >= 0.6 is 0 Å². The molecule has 1 amide bonds. The molecule has 0 bridgehead atoms. The van der Waals surface area contributed by atoms with E-state index in [9.17, 15) is 4.79 Å². The van der Waals surface area contributed by atoms with E-state index in [1.54, 1.807) is 0 Å². The van der Waals surface area contributed by atoms with Crippen LogP contribution in [0.15, 0.2) is 24.3 Å². The van der Waals surface area contributed by atoms with E-state index in [0.717, 1.165) is 18.4 Å². The first-order valence-electron chi connectivity index (χ1n) is 6.96. The number of amides is 1. The van der Waals surface area contributed by atoms with Gasteiger partial charge < -0.3 is 4.74 Å². The number of nitrogens with zero attached hydrogens (tertiary/aromatic N) is 3. The number of carbonyl (C=O) groups excluding carboxylic acids is 1. The van der Waals surface area contributed by atoms with E-state index in [1.807, 2.05) is 31.2 Å². The van der Waals surface area contributed by atoms with Crippen LogP contribution in [-0.2, 0) is 9.53 Å². The Hall–Kier alpha value is -2.28. The number of ether oxygens (including phenoxy) is 1. The van der Waals surface area contributed by atoms with Crippen LogP contribution in [0.5, 0.6) is 0 Å². The number of aromatic nitrogens is 4. The number of H-pyrrole nitrogens is 1. The van der Waals surface area contributed by atoms with Gasteiger partial charge in [0.25, 0.3) is 5.95 Å². The highest BCUT2D eigenvalue weighted by Crippen LogP contribution is 2.34. The van der Waals surface area contributed by atoms with Crippen LogP contribution in [0, 0.1) is 12.8 Å². The van der Waals surface area contributed by atoms with Crippen LogP contribution in [-0.4, -0.2) is 33.1 Å². The minimum atomic E-state index is -0.250. The van der Waals surface area contributed by atoms with Crippen molar-refractivity contribution in [2.24, 2.45) is 5.92 Å². The maximum Gasteiger partial charge on any atom is 0.269 e. The van der Waals surface area contributed by atoms with Gasteiger partial charge in [-0.2, -0.15) is 5.21 Å². The molecule has 1 fully saturated rings. The van der Waals surface area contributed by atoms with Crippen molar-refractivity contribution in [3.05, 3.63) is 35.4 Å². The Bertz CT molecular complexity index is 596. The molecule has 0 spiro atoms. The summed E-state index contributed by atoms with van der Waals surface area (Å²) in [7, 11) is 0. The monoisotopic (exact) mass is 287 g/mol. The van der Waals surface area contributed by atoms with E-state index in [1.165, 1.54) is 5.56 Å². The predicted molar refractivity (Wildman–Crippen MR) is 75.4 cm³/mol. The third-order valence-electron chi connectivity index (χ3n) is 3.65. The maximum atomic E-state index is 12.4. The normalized spacial score (nSPS) is 22.0. The summed E-state index contributed by atoms with van der Waals surface area (Å²) in [5.74, 6) is -0.199. The van der Waals surface area contributed by atoms with Gasteiger partial charge >= 0.3 is 0 Å². The van der Waals surface area contributed by atoms with Crippen molar-refractivity contribution >= 4 is 11.9 Å². The number of aromatic amines is 1. The van der Waals surface area contributed by atoms with E-state index in [2.05, 4.69) is 25.9 Å². The zero-order valence-electron chi connectivity index (χ0n) is 11.7. The predicted octanol–water partition coefficient (Wildman–Crippen LogP) is 1.61. The van der Waals surface area contributed by atoms with Gasteiger partial charge in [0.05, 0.1) is 12.0 Å². The van der Waals surface area contributed by atoms with E-state index >= 15 is 0 Å². The molecule has 1 saturated heterocycles. The van der Waals surface area contributed by atoms with Crippen LogP contribution in [0.3, 0.4) is 0 Å². The first-order chi connectivity index (χ1) is 10.2. The molecule has 2 heterocycles. The smallest absolute Gasteiger partial charge is 0.269 e. The Kier molecular flexibility index (Phi) is 3.92. The second kappa shape index (κ2) is 6.01. The number of aryl methyl sites for hydroxylation is 1. The van der Waals surface area contributed by atoms with Crippen LogP contribution in [0.25, 0.3) is 0 Å². The number of rotatable bonds is 3. The fourth-order valence-corrected chi connectivity index (χ4v) is 2.55. The zero-order chi connectivity index (χ0) is 14.7. The summed E-state index contributed by atoms with van der Waals surface area (Å²) in [6, 6.07) is 8.09. The highest BCUT2D eigenvalue weighted by Gasteiger charge is 2.33. The first kappa shape index (κ1) is 13.7. The molecule has 1 aliphatic rings. The number of hydrogen-bond acceptors (Lipinski definition) is 5. The van der Waals surface area contributed by atoms with Crippen LogP contribution in [0.4, 0.5) is 5.95 Å². The minimum absolute atomic E-state index is 0.137. The van der Waals surface area contributed by atoms with Crippen molar-refractivity contribution in [2.75, 3.05) is 11.9 Å². The minimum Gasteiger partial charge on any atom is -0.373 e. The lowest BCUT2D eigenvalue weighted by Gasteiger charge is -2.30. The lowest BCUT2D eigenvalue weighted by atomic mass is 9.88. The molecule has 3 rings (SSSR count). The summed E-state index contributed by atoms with van der Waals surface area (Å²) in [5.41, 5.74) is 2.20. The van der Waals surface area contributed by atoms with Crippen LogP contribution in [0.2, 0.25) is 0 Å². The van der Waals surface area contributed by atoms with Gasteiger partial charge in [0.1, 0.15) is 0 Å². The molecular weight excluding hydrogens is 270 g/mol. The highest BCUT2D eigenvalue weighted by molar-refractivity contribution is 5.91. The van der Waals surface area contributed by atoms with Gasteiger partial charge in [-0.05, 0) is 30.5 Å². The van der Waals surface area contributed by atoms with Gasteiger partial charge in [-0.3, -0.25) is 10.1 Å². The average molecular weight is 287 g/mol. The summed E-state index contributed by atoms with van der Waals surface area (Å²) in [6.07, 6.45) is 1.42. The number of carbonyl (C=O) groups is 1. The standard InChI is InChI=1S/C14H17N5O2/c1-9-4-6-10(7-5-9)12-11(3-2-8-21-12)13(20)15-14-16-18-19-17-14/h4-7,11-12H,2-3,8H2,1H3,(H2,15,16,17,18,19,20)/t11-,12-/m1/s1. The number of anilines is 1. The Morgan fingerprint density at radius 1 is 1.38 bits per heavy atom. The van der Waals surface area contributed by atoms with Gasteiger partial charge in [0.2, 0.25) is 5.91 Å².